The molecule has 1 aliphatic heterocycles. The van der Waals surface area contributed by atoms with Crippen LogP contribution in [0.25, 0.3) is 0 Å². The van der Waals surface area contributed by atoms with E-state index in [1.165, 1.54) is 0 Å². The number of hydrogen-bond acceptors (Lipinski definition) is 7. The number of aliphatic hydroxyl groups is 2. The molecule has 0 aromatic carbocycles. The van der Waals surface area contributed by atoms with E-state index < -0.39 is 49.9 Å². The van der Waals surface area contributed by atoms with Crippen molar-refractivity contribution in [2.75, 3.05) is 13.0 Å². The standard InChI is InChI=1S/C9H13N2O9P.Na.H/c12-6-1-2-11(8(14)10-6)9(15)7(13)5(3-20-9)19-4-21(16,17)18;;/h1-2,5,7,13,15H,3-4H2,(H,10,12,14)(H2,16,17,18);;/t5-,7+,9-;;/m1../s1. The van der Waals surface area contributed by atoms with Crippen LogP contribution < -0.4 is 11.2 Å². The second-order valence-electron chi connectivity index (χ2n) is 4.39. The van der Waals surface area contributed by atoms with E-state index in [4.69, 9.17) is 19.3 Å². The normalized spacial score (nSPS) is 28.4. The molecular weight excluding hydrogens is 334 g/mol. The first kappa shape index (κ1) is 19.7. The number of nitrogens with one attached hydrogen (secondary N) is 1. The van der Waals surface area contributed by atoms with E-state index in [1.807, 2.05) is 4.98 Å². The van der Waals surface area contributed by atoms with Crippen molar-refractivity contribution in [2.24, 2.45) is 0 Å². The average molecular weight is 348 g/mol. The molecule has 1 fully saturated rings. The molecule has 1 aromatic heterocycles. The fraction of sp³-hybridized carbons (Fsp3) is 0.556. The van der Waals surface area contributed by atoms with Gasteiger partial charge in [0.05, 0.1) is 6.61 Å². The molecule has 2 heterocycles. The van der Waals surface area contributed by atoms with Gasteiger partial charge in [-0.05, 0) is 0 Å². The van der Waals surface area contributed by atoms with Crippen LogP contribution in [0.1, 0.15) is 0 Å². The van der Waals surface area contributed by atoms with Gasteiger partial charge in [0.2, 0.25) is 0 Å². The monoisotopic (exact) mass is 348 g/mol. The van der Waals surface area contributed by atoms with Crippen molar-refractivity contribution in [1.29, 1.82) is 0 Å². The molecule has 2 rings (SSSR count). The fourth-order valence-corrected chi connectivity index (χ4v) is 2.22. The Morgan fingerprint density at radius 2 is 2.14 bits per heavy atom. The first-order valence-electron chi connectivity index (χ1n) is 5.66. The number of aromatic nitrogens is 2. The molecule has 1 aliphatic rings. The van der Waals surface area contributed by atoms with Crippen LogP contribution in [0.2, 0.25) is 0 Å². The predicted octanol–water partition coefficient (Wildman–Crippen LogP) is -3.60. The molecule has 0 amide bonds. The summed E-state index contributed by atoms with van der Waals surface area (Å²) in [5.41, 5.74) is -1.73. The molecule has 0 saturated carbocycles. The van der Waals surface area contributed by atoms with E-state index in [0.29, 0.717) is 4.57 Å². The summed E-state index contributed by atoms with van der Waals surface area (Å²) in [5, 5.41) is 20.1. The second kappa shape index (κ2) is 7.05. The topological polar surface area (TPSA) is 171 Å². The van der Waals surface area contributed by atoms with Gasteiger partial charge in [-0.2, -0.15) is 0 Å². The third-order valence-electron chi connectivity index (χ3n) is 2.82. The fourth-order valence-electron chi connectivity index (χ4n) is 1.84. The number of rotatable bonds is 4. The van der Waals surface area contributed by atoms with Crippen LogP contribution in [-0.4, -0.2) is 84.3 Å². The van der Waals surface area contributed by atoms with Crippen LogP contribution in [0.3, 0.4) is 0 Å². The van der Waals surface area contributed by atoms with E-state index in [2.05, 4.69) is 0 Å². The summed E-state index contributed by atoms with van der Waals surface area (Å²) >= 11 is 0. The predicted molar refractivity (Wildman–Crippen MR) is 72.4 cm³/mol. The summed E-state index contributed by atoms with van der Waals surface area (Å²) in [5.74, 6) is -2.51. The molecule has 0 bridgehead atoms. The van der Waals surface area contributed by atoms with Crippen molar-refractivity contribution in [3.8, 4) is 0 Å². The molecule has 11 nitrogen and oxygen atoms in total. The number of hydrogen-bond donors (Lipinski definition) is 5. The summed E-state index contributed by atoms with van der Waals surface area (Å²) in [7, 11) is -4.46. The van der Waals surface area contributed by atoms with Gasteiger partial charge < -0.3 is 29.5 Å². The van der Waals surface area contributed by atoms with Crippen LogP contribution in [0, 0.1) is 0 Å². The Bertz CT molecular complexity index is 684. The van der Waals surface area contributed by atoms with Gasteiger partial charge in [-0.25, -0.2) is 9.36 Å². The van der Waals surface area contributed by atoms with Crippen molar-refractivity contribution in [3.05, 3.63) is 33.1 Å². The molecule has 1 aromatic rings. The Kier molecular flexibility index (Phi) is 6.32. The summed E-state index contributed by atoms with van der Waals surface area (Å²) in [6.45, 7) is -0.413. The molecule has 0 aliphatic carbocycles. The molecule has 0 radical (unpaired) electrons. The summed E-state index contributed by atoms with van der Waals surface area (Å²) < 4.78 is 20.9. The van der Waals surface area contributed by atoms with E-state index in [9.17, 15) is 24.4 Å². The molecule has 22 heavy (non-hydrogen) atoms. The zero-order valence-corrected chi connectivity index (χ0v) is 11.3. The zero-order chi connectivity index (χ0) is 15.8. The maximum atomic E-state index is 11.6. The van der Waals surface area contributed by atoms with E-state index >= 15 is 0 Å². The van der Waals surface area contributed by atoms with E-state index in [0.717, 1.165) is 12.3 Å². The minimum atomic E-state index is -4.46. The van der Waals surface area contributed by atoms with Gasteiger partial charge in [-0.3, -0.25) is 14.3 Å². The Balaban J connectivity index is 0.00000242. The van der Waals surface area contributed by atoms with Crippen LogP contribution in [-0.2, 0) is 19.9 Å². The van der Waals surface area contributed by atoms with Crippen molar-refractivity contribution >= 4 is 37.2 Å². The number of aromatic amines is 1. The van der Waals surface area contributed by atoms with Gasteiger partial charge in [-0.15, -0.1) is 0 Å². The number of H-pyrrole nitrogens is 1. The van der Waals surface area contributed by atoms with Gasteiger partial charge >= 0.3 is 42.8 Å². The van der Waals surface area contributed by atoms with Gasteiger partial charge in [0.15, 0.2) is 6.10 Å². The Morgan fingerprint density at radius 3 is 2.68 bits per heavy atom. The quantitative estimate of drug-likeness (QED) is 0.272. The second-order valence-corrected chi connectivity index (χ2v) is 5.98. The molecule has 5 N–H and O–H groups in total. The van der Waals surface area contributed by atoms with Crippen molar-refractivity contribution < 1.29 is 34.0 Å². The van der Waals surface area contributed by atoms with Gasteiger partial charge in [0, 0.05) is 12.3 Å². The molecule has 120 valence electrons. The third-order valence-corrected chi connectivity index (χ3v) is 3.31. The van der Waals surface area contributed by atoms with Crippen LogP contribution in [0.5, 0.6) is 0 Å². The number of aliphatic hydroxyl groups excluding tert-OH is 1. The number of ether oxygens (including phenoxy) is 2. The molecule has 3 atom stereocenters. The molecule has 0 unspecified atom stereocenters. The van der Waals surface area contributed by atoms with E-state index in [1.54, 1.807) is 0 Å². The van der Waals surface area contributed by atoms with Crippen LogP contribution >= 0.6 is 7.60 Å². The van der Waals surface area contributed by atoms with Crippen LogP contribution in [0.4, 0.5) is 0 Å². The maximum absolute atomic E-state index is 11.6. The average Bonchev–Trinajstić information content (AvgIpc) is 2.63. The van der Waals surface area contributed by atoms with Crippen molar-refractivity contribution in [1.82, 2.24) is 9.55 Å². The first-order chi connectivity index (χ1) is 9.63. The first-order valence-corrected chi connectivity index (χ1v) is 7.46. The molecule has 13 heteroatoms. The summed E-state index contributed by atoms with van der Waals surface area (Å²) in [6, 6.07) is 0.930. The summed E-state index contributed by atoms with van der Waals surface area (Å²) in [6.07, 6.45) is -3.13. The zero-order valence-electron chi connectivity index (χ0n) is 10.4. The molecule has 0 spiro atoms. The van der Waals surface area contributed by atoms with E-state index in [-0.39, 0.29) is 29.6 Å². The van der Waals surface area contributed by atoms with Gasteiger partial charge in [0.1, 0.15) is 12.5 Å². The third kappa shape index (κ3) is 4.15. The minimum absolute atomic E-state index is 0. The van der Waals surface area contributed by atoms with Crippen molar-refractivity contribution in [3.63, 3.8) is 0 Å². The van der Waals surface area contributed by atoms with Gasteiger partial charge in [-0.1, -0.05) is 0 Å². The van der Waals surface area contributed by atoms with Gasteiger partial charge in [0.25, 0.3) is 11.5 Å². The van der Waals surface area contributed by atoms with Crippen LogP contribution in [0.15, 0.2) is 21.9 Å². The summed E-state index contributed by atoms with van der Waals surface area (Å²) in [4.78, 5) is 41.8. The molecular formula is C9H14N2NaO9P. The molecule has 1 saturated heterocycles. The number of nitrogens with zero attached hydrogens (tertiary/aromatic N) is 1. The Labute approximate surface area is 145 Å². The van der Waals surface area contributed by atoms with Crippen molar-refractivity contribution in [2.45, 2.75) is 18.1 Å². The Morgan fingerprint density at radius 1 is 1.50 bits per heavy atom. The Hall–Kier alpha value is -0.330. The SMILES string of the molecule is O=c1ccn([C@]2(O)OC[C@@H](OCP(=O)(O)O)[C@@H]2O)c(=O)[nH]1.[NaH].